The highest BCUT2D eigenvalue weighted by Crippen LogP contribution is 2.23. The number of rotatable bonds is 3. The van der Waals surface area contributed by atoms with Crippen LogP contribution in [0.2, 0.25) is 0 Å². The van der Waals surface area contributed by atoms with Crippen molar-refractivity contribution < 1.29 is 12.8 Å². The number of nitrogen functional groups attached to an aromatic ring is 1. The fourth-order valence-electron chi connectivity index (χ4n) is 1.56. The van der Waals surface area contributed by atoms with Crippen LogP contribution in [0.1, 0.15) is 5.56 Å². The highest BCUT2D eigenvalue weighted by Gasteiger charge is 2.16. The molecule has 5 nitrogen and oxygen atoms in total. The highest BCUT2D eigenvalue weighted by molar-refractivity contribution is 7.92. The van der Waals surface area contributed by atoms with Crippen LogP contribution in [-0.4, -0.2) is 8.42 Å². The number of sulfonamides is 1. The van der Waals surface area contributed by atoms with Gasteiger partial charge >= 0.3 is 0 Å². The Morgan fingerprint density at radius 3 is 2.60 bits per heavy atom. The molecule has 2 aromatic carbocycles. The van der Waals surface area contributed by atoms with Gasteiger partial charge in [-0.15, -0.1) is 0 Å². The number of nitrogens with zero attached hydrogens (tertiary/aromatic N) is 1. The van der Waals surface area contributed by atoms with Crippen LogP contribution in [0.4, 0.5) is 15.8 Å². The number of nitriles is 1. The Morgan fingerprint density at radius 1 is 1.20 bits per heavy atom. The summed E-state index contributed by atoms with van der Waals surface area (Å²) in [4.78, 5) is -0.0692. The average molecular weight is 291 g/mol. The summed E-state index contributed by atoms with van der Waals surface area (Å²) in [5.41, 5.74) is 5.82. The van der Waals surface area contributed by atoms with Gasteiger partial charge < -0.3 is 5.73 Å². The number of nitrogens with one attached hydrogen (secondary N) is 1. The van der Waals surface area contributed by atoms with Crippen LogP contribution in [0.5, 0.6) is 0 Å². The number of hydrogen-bond donors (Lipinski definition) is 2. The van der Waals surface area contributed by atoms with Gasteiger partial charge in [-0.3, -0.25) is 4.72 Å². The zero-order valence-corrected chi connectivity index (χ0v) is 11.0. The summed E-state index contributed by atoms with van der Waals surface area (Å²) in [5.74, 6) is -0.558. The maximum atomic E-state index is 12.9. The first-order chi connectivity index (χ1) is 9.42. The second-order valence-electron chi connectivity index (χ2n) is 3.98. The summed E-state index contributed by atoms with van der Waals surface area (Å²) >= 11 is 0. The van der Waals surface area contributed by atoms with Crippen molar-refractivity contribution in [1.82, 2.24) is 0 Å². The average Bonchev–Trinajstić information content (AvgIpc) is 2.42. The van der Waals surface area contributed by atoms with Gasteiger partial charge in [0.2, 0.25) is 0 Å². The number of nitrogens with two attached hydrogens (primary N) is 1. The van der Waals surface area contributed by atoms with Crippen LogP contribution in [0, 0.1) is 17.1 Å². The van der Waals surface area contributed by atoms with E-state index in [-0.39, 0.29) is 21.8 Å². The molecule has 0 bridgehead atoms. The fourth-order valence-corrected chi connectivity index (χ4v) is 2.70. The van der Waals surface area contributed by atoms with E-state index in [9.17, 15) is 12.8 Å². The molecule has 20 heavy (non-hydrogen) atoms. The highest BCUT2D eigenvalue weighted by atomic mass is 32.2. The summed E-state index contributed by atoms with van der Waals surface area (Å²) in [6.07, 6.45) is 0. The molecule has 0 fully saturated rings. The van der Waals surface area contributed by atoms with Crippen molar-refractivity contribution in [3.8, 4) is 6.07 Å². The second-order valence-corrected chi connectivity index (χ2v) is 5.66. The summed E-state index contributed by atoms with van der Waals surface area (Å²) < 4.78 is 39.4. The van der Waals surface area contributed by atoms with Crippen molar-refractivity contribution in [2.45, 2.75) is 4.90 Å². The van der Waals surface area contributed by atoms with Crippen molar-refractivity contribution >= 4 is 21.4 Å². The third-order valence-electron chi connectivity index (χ3n) is 2.53. The van der Waals surface area contributed by atoms with E-state index >= 15 is 0 Å². The topological polar surface area (TPSA) is 96.0 Å². The standard InChI is InChI=1S/C13H10FN3O2S/c14-10-4-5-13(12(16)7-10)17-20(18,19)11-3-1-2-9(6-11)8-15/h1-7,17H,16H2. The van der Waals surface area contributed by atoms with E-state index in [1.54, 1.807) is 0 Å². The number of anilines is 2. The Labute approximate surface area is 115 Å². The van der Waals surface area contributed by atoms with E-state index in [0.29, 0.717) is 0 Å². The van der Waals surface area contributed by atoms with E-state index in [1.165, 1.54) is 30.3 Å². The molecule has 0 aromatic heterocycles. The van der Waals surface area contributed by atoms with Gasteiger partial charge in [-0.05, 0) is 36.4 Å². The monoisotopic (exact) mass is 291 g/mol. The molecule has 0 heterocycles. The lowest BCUT2D eigenvalue weighted by molar-refractivity contribution is 0.601. The first-order valence-electron chi connectivity index (χ1n) is 5.50. The van der Waals surface area contributed by atoms with Crippen LogP contribution < -0.4 is 10.5 Å². The van der Waals surface area contributed by atoms with Gasteiger partial charge in [0.25, 0.3) is 10.0 Å². The van der Waals surface area contributed by atoms with Gasteiger partial charge in [0.05, 0.1) is 27.9 Å². The van der Waals surface area contributed by atoms with E-state index < -0.39 is 15.8 Å². The Kier molecular flexibility index (Phi) is 3.59. The molecular formula is C13H10FN3O2S. The SMILES string of the molecule is N#Cc1cccc(S(=O)(=O)Nc2ccc(F)cc2N)c1. The number of hydrogen-bond acceptors (Lipinski definition) is 4. The molecule has 0 amide bonds. The minimum atomic E-state index is -3.88. The first-order valence-corrected chi connectivity index (χ1v) is 6.99. The molecule has 3 N–H and O–H groups in total. The lowest BCUT2D eigenvalue weighted by atomic mass is 10.2. The van der Waals surface area contributed by atoms with Crippen LogP contribution in [0.15, 0.2) is 47.4 Å². The number of benzene rings is 2. The summed E-state index contributed by atoms with van der Waals surface area (Å²) in [7, 11) is -3.88. The van der Waals surface area contributed by atoms with E-state index in [4.69, 9.17) is 11.0 Å². The second kappa shape index (κ2) is 5.19. The molecule has 0 unspecified atom stereocenters. The molecule has 0 radical (unpaired) electrons. The molecular weight excluding hydrogens is 281 g/mol. The minimum Gasteiger partial charge on any atom is -0.397 e. The predicted octanol–water partition coefficient (Wildman–Crippen LogP) is 2.08. The van der Waals surface area contributed by atoms with E-state index in [0.717, 1.165) is 12.1 Å². The smallest absolute Gasteiger partial charge is 0.262 e. The van der Waals surface area contributed by atoms with Gasteiger partial charge in [-0.1, -0.05) is 6.07 Å². The molecule has 0 atom stereocenters. The Hall–Kier alpha value is -2.59. The van der Waals surface area contributed by atoms with Crippen LogP contribution in [0.25, 0.3) is 0 Å². The summed E-state index contributed by atoms with van der Waals surface area (Å²) in [5, 5.41) is 8.77. The normalized spacial score (nSPS) is 10.8. The van der Waals surface area contributed by atoms with Gasteiger partial charge in [0.1, 0.15) is 5.82 Å². The van der Waals surface area contributed by atoms with Gasteiger partial charge in [0.15, 0.2) is 0 Å². The van der Waals surface area contributed by atoms with Crippen molar-refractivity contribution in [3.05, 3.63) is 53.8 Å². The van der Waals surface area contributed by atoms with E-state index in [2.05, 4.69) is 4.72 Å². The predicted molar refractivity (Wildman–Crippen MR) is 72.8 cm³/mol. The number of halogens is 1. The largest absolute Gasteiger partial charge is 0.397 e. The van der Waals surface area contributed by atoms with Crippen molar-refractivity contribution in [2.75, 3.05) is 10.5 Å². The van der Waals surface area contributed by atoms with Crippen LogP contribution >= 0.6 is 0 Å². The van der Waals surface area contributed by atoms with Gasteiger partial charge in [-0.25, -0.2) is 12.8 Å². The van der Waals surface area contributed by atoms with Crippen LogP contribution in [0.3, 0.4) is 0 Å². The summed E-state index contributed by atoms with van der Waals surface area (Å²) in [6.45, 7) is 0. The maximum absolute atomic E-state index is 12.9. The fraction of sp³-hybridized carbons (Fsp3) is 0. The maximum Gasteiger partial charge on any atom is 0.262 e. The van der Waals surface area contributed by atoms with E-state index in [1.807, 2.05) is 6.07 Å². The molecule has 102 valence electrons. The molecule has 0 saturated heterocycles. The molecule has 0 spiro atoms. The third kappa shape index (κ3) is 2.87. The molecule has 0 saturated carbocycles. The Morgan fingerprint density at radius 2 is 1.95 bits per heavy atom. The van der Waals surface area contributed by atoms with Crippen molar-refractivity contribution in [3.63, 3.8) is 0 Å². The molecule has 2 aromatic rings. The molecule has 2 rings (SSSR count). The molecule has 7 heteroatoms. The van der Waals surface area contributed by atoms with Gasteiger partial charge in [-0.2, -0.15) is 5.26 Å². The van der Waals surface area contributed by atoms with Crippen molar-refractivity contribution in [1.29, 1.82) is 5.26 Å². The molecule has 0 aliphatic heterocycles. The molecule has 0 aliphatic rings. The lowest BCUT2D eigenvalue weighted by Gasteiger charge is -2.10. The third-order valence-corrected chi connectivity index (χ3v) is 3.89. The Bertz CT molecular complexity index is 798. The van der Waals surface area contributed by atoms with Gasteiger partial charge in [0, 0.05) is 0 Å². The molecule has 0 aliphatic carbocycles. The zero-order valence-electron chi connectivity index (χ0n) is 10.2. The first kappa shape index (κ1) is 13.8. The van der Waals surface area contributed by atoms with Crippen LogP contribution in [-0.2, 0) is 10.0 Å². The van der Waals surface area contributed by atoms with Crippen molar-refractivity contribution in [2.24, 2.45) is 0 Å². The Balaban J connectivity index is 2.38. The zero-order chi connectivity index (χ0) is 14.8. The minimum absolute atomic E-state index is 0.0231. The lowest BCUT2D eigenvalue weighted by Crippen LogP contribution is -2.14. The quantitative estimate of drug-likeness (QED) is 0.846. The summed E-state index contributed by atoms with van der Waals surface area (Å²) in [6, 6.07) is 10.7.